The van der Waals surface area contributed by atoms with Crippen LogP contribution in [0.5, 0.6) is 11.5 Å². The molecule has 1 N–H and O–H groups in total. The molecule has 0 aromatic heterocycles. The minimum atomic E-state index is -0.763. The second-order valence-electron chi connectivity index (χ2n) is 7.93. The summed E-state index contributed by atoms with van der Waals surface area (Å²) >= 11 is 7.22. The molecule has 0 unspecified atom stereocenters. The lowest BCUT2D eigenvalue weighted by atomic mass is 10.1. The molecule has 194 valence electrons. The van der Waals surface area contributed by atoms with Gasteiger partial charge in [0.25, 0.3) is 5.91 Å². The number of nitrogens with zero attached hydrogens (tertiary/aromatic N) is 1. The molecule has 1 aliphatic heterocycles. The molecular weight excluding hydrogens is 526 g/mol. The Hall–Kier alpha value is -4.01. The number of rotatable bonds is 8. The Kier molecular flexibility index (Phi) is 8.89. The van der Waals surface area contributed by atoms with Gasteiger partial charge < -0.3 is 19.3 Å². The third-order valence-corrected chi connectivity index (χ3v) is 6.81. The third-order valence-electron chi connectivity index (χ3n) is 5.42. The number of hydrogen-bond acceptors (Lipinski definition) is 7. The Balaban J connectivity index is 1.62. The first-order valence-electron chi connectivity index (χ1n) is 11.6. The van der Waals surface area contributed by atoms with Crippen LogP contribution < -0.4 is 9.47 Å². The number of hydrogen-bond donors (Lipinski definition) is 1. The van der Waals surface area contributed by atoms with Crippen LogP contribution in [0.15, 0.2) is 94.0 Å². The molecule has 1 aliphatic rings. The van der Waals surface area contributed by atoms with Gasteiger partial charge >= 0.3 is 5.97 Å². The summed E-state index contributed by atoms with van der Waals surface area (Å²) in [5.74, 6) is -0.633. The average molecular weight is 550 g/mol. The van der Waals surface area contributed by atoms with Gasteiger partial charge in [-0.05, 0) is 48.9 Å². The summed E-state index contributed by atoms with van der Waals surface area (Å²) < 4.78 is 16.5. The molecule has 4 rings (SSSR count). The minimum Gasteiger partial charge on any atom is -0.506 e. The van der Waals surface area contributed by atoms with Crippen LogP contribution in [-0.2, 0) is 16.1 Å². The zero-order valence-corrected chi connectivity index (χ0v) is 22.2. The van der Waals surface area contributed by atoms with Gasteiger partial charge in [0.05, 0.1) is 18.6 Å². The number of methoxy groups -OCH3 is 1. The highest BCUT2D eigenvalue weighted by molar-refractivity contribution is 8.18. The van der Waals surface area contributed by atoms with Gasteiger partial charge in [-0.1, -0.05) is 65.8 Å². The summed E-state index contributed by atoms with van der Waals surface area (Å²) in [4.78, 5) is 29.8. The van der Waals surface area contributed by atoms with E-state index >= 15 is 0 Å². The molecule has 3 aromatic carbocycles. The van der Waals surface area contributed by atoms with Crippen LogP contribution in [0.4, 0.5) is 0 Å². The van der Waals surface area contributed by atoms with Gasteiger partial charge in [0.1, 0.15) is 23.0 Å². The highest BCUT2D eigenvalue weighted by Crippen LogP contribution is 2.40. The van der Waals surface area contributed by atoms with Gasteiger partial charge in [0.15, 0.2) is 11.5 Å². The van der Waals surface area contributed by atoms with E-state index in [1.165, 1.54) is 7.11 Å². The van der Waals surface area contributed by atoms with E-state index in [1.807, 2.05) is 18.2 Å². The van der Waals surface area contributed by atoms with Gasteiger partial charge in [0.2, 0.25) is 0 Å². The van der Waals surface area contributed by atoms with E-state index in [0.29, 0.717) is 32.6 Å². The van der Waals surface area contributed by atoms with Crippen molar-refractivity contribution in [3.8, 4) is 11.5 Å². The van der Waals surface area contributed by atoms with Crippen LogP contribution in [0.2, 0.25) is 5.02 Å². The summed E-state index contributed by atoms with van der Waals surface area (Å²) in [5.41, 5.74) is 1.71. The molecule has 0 bridgehead atoms. The monoisotopic (exact) mass is 549 g/mol. The van der Waals surface area contributed by atoms with Crippen molar-refractivity contribution < 1.29 is 28.9 Å². The van der Waals surface area contributed by atoms with E-state index < -0.39 is 11.9 Å². The van der Waals surface area contributed by atoms with Crippen molar-refractivity contribution in [1.29, 1.82) is 0 Å². The largest absolute Gasteiger partial charge is 0.506 e. The molecule has 7 nitrogen and oxygen atoms in total. The Bertz CT molecular complexity index is 1450. The van der Waals surface area contributed by atoms with Gasteiger partial charge in [0, 0.05) is 16.1 Å². The van der Waals surface area contributed by atoms with E-state index in [4.69, 9.17) is 25.8 Å². The number of carbonyl (C=O) groups is 2. The van der Waals surface area contributed by atoms with Gasteiger partial charge in [-0.25, -0.2) is 9.79 Å². The first kappa shape index (κ1) is 27.0. The maximum Gasteiger partial charge on any atom is 0.344 e. The van der Waals surface area contributed by atoms with E-state index in [-0.39, 0.29) is 29.6 Å². The predicted octanol–water partition coefficient (Wildman–Crippen LogP) is 6.63. The number of esters is 1. The van der Waals surface area contributed by atoms with Crippen molar-refractivity contribution in [2.75, 3.05) is 13.7 Å². The average Bonchev–Trinajstić information content (AvgIpc) is 3.23. The molecule has 0 radical (unpaired) electrons. The number of thioether (sulfide) groups is 1. The lowest BCUT2D eigenvalue weighted by Crippen LogP contribution is -2.14. The maximum absolute atomic E-state index is 12.7. The highest BCUT2D eigenvalue weighted by Gasteiger charge is 2.34. The van der Waals surface area contributed by atoms with Crippen molar-refractivity contribution in [2.45, 2.75) is 13.5 Å². The first-order chi connectivity index (χ1) is 18.4. The van der Waals surface area contributed by atoms with Crippen molar-refractivity contribution in [3.05, 3.63) is 111 Å². The number of ether oxygens (including phenoxy) is 3. The van der Waals surface area contributed by atoms with Crippen LogP contribution in [0, 0.1) is 0 Å². The molecule has 0 spiro atoms. The lowest BCUT2D eigenvalue weighted by molar-refractivity contribution is -0.138. The quantitative estimate of drug-likeness (QED) is 0.315. The molecule has 0 saturated carbocycles. The van der Waals surface area contributed by atoms with E-state index in [0.717, 1.165) is 17.3 Å². The normalized spacial score (nSPS) is 15.1. The summed E-state index contributed by atoms with van der Waals surface area (Å²) in [6.45, 7) is 2.02. The molecule has 0 fully saturated rings. The van der Waals surface area contributed by atoms with E-state index in [2.05, 4.69) is 4.99 Å². The Morgan fingerprint density at radius 1 is 1.03 bits per heavy atom. The smallest absolute Gasteiger partial charge is 0.344 e. The van der Waals surface area contributed by atoms with Crippen LogP contribution in [0.25, 0.3) is 6.08 Å². The predicted molar refractivity (Wildman–Crippen MR) is 149 cm³/mol. The van der Waals surface area contributed by atoms with Crippen LogP contribution in [0.3, 0.4) is 0 Å². The van der Waals surface area contributed by atoms with Crippen LogP contribution in [-0.4, -0.2) is 35.7 Å². The van der Waals surface area contributed by atoms with Gasteiger partial charge in [-0.2, -0.15) is 0 Å². The van der Waals surface area contributed by atoms with E-state index in [9.17, 15) is 14.7 Å². The van der Waals surface area contributed by atoms with Crippen molar-refractivity contribution >= 4 is 46.4 Å². The van der Waals surface area contributed by atoms with E-state index in [1.54, 1.807) is 67.6 Å². The third kappa shape index (κ3) is 6.27. The number of aliphatic hydroxyl groups excluding tert-OH is 1. The molecule has 1 heterocycles. The highest BCUT2D eigenvalue weighted by atomic mass is 35.5. The lowest BCUT2D eigenvalue weighted by Gasteiger charge is -2.12. The Morgan fingerprint density at radius 3 is 2.47 bits per heavy atom. The molecule has 0 atom stereocenters. The number of aliphatic hydroxyl groups is 1. The number of halogens is 1. The molecule has 0 aliphatic carbocycles. The van der Waals surface area contributed by atoms with Crippen LogP contribution in [0.1, 0.15) is 28.4 Å². The van der Waals surface area contributed by atoms with Crippen molar-refractivity contribution in [1.82, 2.24) is 0 Å². The molecule has 38 heavy (non-hydrogen) atoms. The van der Waals surface area contributed by atoms with Crippen LogP contribution >= 0.6 is 23.4 Å². The molecular formula is C29H24ClNO6S. The molecule has 9 heteroatoms. The maximum atomic E-state index is 12.7. The minimum absolute atomic E-state index is 0.0627. The summed E-state index contributed by atoms with van der Waals surface area (Å²) in [7, 11) is 1.52. The fraction of sp³-hybridized carbons (Fsp3) is 0.138. The Morgan fingerprint density at radius 2 is 1.76 bits per heavy atom. The summed E-state index contributed by atoms with van der Waals surface area (Å²) in [5, 5.41) is 11.6. The van der Waals surface area contributed by atoms with Gasteiger partial charge in [-0.3, -0.25) is 4.79 Å². The topological polar surface area (TPSA) is 94.4 Å². The number of carbonyl (C=O) groups excluding carboxylic acids is 2. The summed E-state index contributed by atoms with van der Waals surface area (Å²) in [6.07, 6.45) is 1.66. The molecule has 3 aromatic rings. The first-order valence-corrected chi connectivity index (χ1v) is 12.8. The van der Waals surface area contributed by atoms with Crippen molar-refractivity contribution in [2.24, 2.45) is 4.99 Å². The zero-order valence-electron chi connectivity index (χ0n) is 20.6. The summed E-state index contributed by atoms with van der Waals surface area (Å²) in [6, 6.07) is 21.1. The standard InChI is InChI=1S/C29H24ClNO6S/c1-3-36-29(34)25-26(32)24(38-28(25)31-27(33)19-9-5-4-6-10-19)16-18-13-14-22(23(15-18)35-2)37-17-20-11-7-8-12-21(20)30/h4-16,32H,3,17H2,1-2H3/b24-16-,31-28?. The fourth-order valence-corrected chi connectivity index (χ4v) is 4.75. The number of aliphatic imine (C=N–C) groups is 1. The molecule has 1 amide bonds. The van der Waals surface area contributed by atoms with Crippen molar-refractivity contribution in [3.63, 3.8) is 0 Å². The number of amides is 1. The SMILES string of the molecule is CCOC(=O)C1=C(O)/C(=C/c2ccc(OCc3ccccc3Cl)c(OC)c2)SC1=NC(=O)c1ccccc1. The Labute approximate surface area is 229 Å². The zero-order chi connectivity index (χ0) is 27.1. The van der Waals surface area contributed by atoms with Gasteiger partial charge in [-0.15, -0.1) is 0 Å². The number of benzene rings is 3. The second kappa shape index (κ2) is 12.5. The second-order valence-corrected chi connectivity index (χ2v) is 9.37. The molecule has 0 saturated heterocycles. The fourth-order valence-electron chi connectivity index (χ4n) is 3.54.